The molecule has 1 amide bonds. The summed E-state index contributed by atoms with van der Waals surface area (Å²) in [5.41, 5.74) is 0.604. The van der Waals surface area contributed by atoms with Gasteiger partial charge in [0.05, 0.1) is 20.2 Å². The largest absolute Gasteiger partial charge is 0.354 e. The highest BCUT2D eigenvalue weighted by molar-refractivity contribution is 5.87. The summed E-state index contributed by atoms with van der Waals surface area (Å²) in [6.07, 6.45) is 0.587. The van der Waals surface area contributed by atoms with Crippen molar-refractivity contribution in [2.24, 2.45) is 5.92 Å². The van der Waals surface area contributed by atoms with E-state index in [0.717, 1.165) is 0 Å². The van der Waals surface area contributed by atoms with Gasteiger partial charge in [-0.1, -0.05) is 6.85 Å². The number of aromatic nitrogens is 3. The predicted molar refractivity (Wildman–Crippen MR) is 86.7 cm³/mol. The Bertz CT molecular complexity index is 920. The number of H-pyrrole nitrogens is 1. The first kappa shape index (κ1) is 10.2. The number of anilines is 1. The summed E-state index contributed by atoms with van der Waals surface area (Å²) in [5.74, 6) is -1.17. The van der Waals surface area contributed by atoms with Gasteiger partial charge in [-0.3, -0.25) is 4.79 Å². The average molecular weight is 317 g/mol. The first-order valence-electron chi connectivity index (χ1n) is 9.78. The van der Waals surface area contributed by atoms with Crippen molar-refractivity contribution >= 4 is 22.8 Å². The van der Waals surface area contributed by atoms with Crippen LogP contribution in [0.5, 0.6) is 0 Å². The molecule has 0 saturated carbocycles. The topological polar surface area (TPSA) is 88.9 Å². The first-order chi connectivity index (χ1) is 13.1. The summed E-state index contributed by atoms with van der Waals surface area (Å²) in [6.45, 7) is -2.20. The van der Waals surface area contributed by atoms with E-state index in [0.29, 0.717) is 16.9 Å². The van der Waals surface area contributed by atoms with Gasteiger partial charge in [-0.05, 0) is 18.4 Å². The van der Waals surface area contributed by atoms with Crippen molar-refractivity contribution in [1.82, 2.24) is 19.9 Å². The number of carbonyl (C=O) groups excluding carboxylic acids is 1. The lowest BCUT2D eigenvalue weighted by molar-refractivity contribution is -0.131. The number of nitrogens with zero attached hydrogens (tertiary/aromatic N) is 5. The summed E-state index contributed by atoms with van der Waals surface area (Å²) >= 11 is 0. The number of likely N-dealkylation sites (tertiary alicyclic amines) is 1. The summed E-state index contributed by atoms with van der Waals surface area (Å²) in [4.78, 5) is 26.7. The third-order valence-electron chi connectivity index (χ3n) is 4.20. The van der Waals surface area contributed by atoms with Crippen LogP contribution in [0.25, 0.3) is 11.0 Å². The van der Waals surface area contributed by atoms with Crippen molar-refractivity contribution in [3.05, 3.63) is 18.6 Å². The summed E-state index contributed by atoms with van der Waals surface area (Å²) in [7, 11) is 1.70. The fourth-order valence-electron chi connectivity index (χ4n) is 2.93. The zero-order valence-corrected chi connectivity index (χ0v) is 12.7. The van der Waals surface area contributed by atoms with Gasteiger partial charge in [0, 0.05) is 30.4 Å². The number of fused-ring (bicyclic) bond motifs is 1. The Morgan fingerprint density at radius 2 is 2.57 bits per heavy atom. The van der Waals surface area contributed by atoms with Crippen molar-refractivity contribution in [1.29, 1.82) is 5.26 Å². The molecule has 7 nitrogen and oxygen atoms in total. The highest BCUT2D eigenvalue weighted by Crippen LogP contribution is 2.28. The summed E-state index contributed by atoms with van der Waals surface area (Å²) < 4.78 is 38.9. The van der Waals surface area contributed by atoms with Crippen LogP contribution in [-0.2, 0) is 4.79 Å². The van der Waals surface area contributed by atoms with Gasteiger partial charge in [0.15, 0.2) is 0 Å². The second kappa shape index (κ2) is 6.24. The Hall–Kier alpha value is -2.62. The lowest BCUT2D eigenvalue weighted by Crippen LogP contribution is -2.52. The molecule has 2 aromatic heterocycles. The highest BCUT2D eigenvalue weighted by atomic mass is 16.2. The minimum Gasteiger partial charge on any atom is -0.354 e. The molecule has 0 bridgehead atoms. The average Bonchev–Trinajstić information content (AvgIpc) is 3.14. The molecule has 120 valence electrons. The van der Waals surface area contributed by atoms with Gasteiger partial charge in [-0.15, -0.1) is 0 Å². The molecule has 7 heteroatoms. The summed E-state index contributed by atoms with van der Waals surface area (Å²) in [6, 6.07) is 2.52. The quantitative estimate of drug-likeness (QED) is 0.927. The Morgan fingerprint density at radius 3 is 3.35 bits per heavy atom. The number of piperidine rings is 1. The van der Waals surface area contributed by atoms with E-state index in [1.54, 1.807) is 24.2 Å². The van der Waals surface area contributed by atoms with Gasteiger partial charge in [0.2, 0.25) is 5.91 Å². The van der Waals surface area contributed by atoms with Crippen LogP contribution < -0.4 is 4.90 Å². The van der Waals surface area contributed by atoms with Crippen molar-refractivity contribution in [3.63, 3.8) is 0 Å². The molecule has 0 aliphatic carbocycles. The van der Waals surface area contributed by atoms with Gasteiger partial charge >= 0.3 is 0 Å². The lowest BCUT2D eigenvalue weighted by Gasteiger charge is -2.42. The number of likely N-dealkylation sites (N-methyl/N-ethyl adjacent to an activating group) is 1. The minimum atomic E-state index is -2.65. The van der Waals surface area contributed by atoms with E-state index in [2.05, 4.69) is 15.0 Å². The van der Waals surface area contributed by atoms with Crippen LogP contribution in [0.4, 0.5) is 5.82 Å². The third-order valence-corrected chi connectivity index (χ3v) is 4.20. The van der Waals surface area contributed by atoms with E-state index in [1.807, 2.05) is 0 Å². The second-order valence-corrected chi connectivity index (χ2v) is 5.50. The van der Waals surface area contributed by atoms with E-state index in [1.165, 1.54) is 17.3 Å². The van der Waals surface area contributed by atoms with Crippen molar-refractivity contribution in [2.45, 2.75) is 25.7 Å². The SMILES string of the molecule is [2H]C([2H])(C#N)C(=O)N1CC[C@@H](C([2H])([2H])[2H])[C@@H](N(C)c2ncnc3[nH]ccc23)C1. The first-order valence-corrected chi connectivity index (χ1v) is 7.28. The van der Waals surface area contributed by atoms with E-state index in [9.17, 15) is 4.79 Å². The smallest absolute Gasteiger partial charge is 0.236 e. The van der Waals surface area contributed by atoms with Gasteiger partial charge in [-0.2, -0.15) is 5.26 Å². The number of rotatable bonds is 3. The van der Waals surface area contributed by atoms with E-state index in [-0.39, 0.29) is 19.5 Å². The van der Waals surface area contributed by atoms with Crippen molar-refractivity contribution in [3.8, 4) is 6.07 Å². The minimum absolute atomic E-state index is 0.0184. The molecule has 3 rings (SSSR count). The Balaban J connectivity index is 1.96. The third kappa shape index (κ3) is 2.84. The maximum absolute atomic E-state index is 12.4. The van der Waals surface area contributed by atoms with E-state index >= 15 is 0 Å². The fourth-order valence-corrected chi connectivity index (χ4v) is 2.93. The second-order valence-electron chi connectivity index (χ2n) is 5.50. The number of nitrogens with one attached hydrogen (secondary N) is 1. The molecule has 3 heterocycles. The Kier molecular flexibility index (Phi) is 2.77. The molecule has 1 N–H and O–H groups in total. The monoisotopic (exact) mass is 317 g/mol. The molecule has 1 aliphatic heterocycles. The molecule has 23 heavy (non-hydrogen) atoms. The molecule has 1 aliphatic rings. The number of amides is 1. The number of carbonyl (C=O) groups is 1. The van der Waals surface area contributed by atoms with Gasteiger partial charge in [-0.25, -0.2) is 9.97 Å². The fraction of sp³-hybridized carbons (Fsp3) is 0.500. The van der Waals surface area contributed by atoms with Gasteiger partial charge in [0.25, 0.3) is 0 Å². The normalized spacial score (nSPS) is 25.6. The van der Waals surface area contributed by atoms with Crippen LogP contribution in [0, 0.1) is 17.2 Å². The van der Waals surface area contributed by atoms with E-state index in [4.69, 9.17) is 12.1 Å². The number of aromatic amines is 1. The van der Waals surface area contributed by atoms with Crippen LogP contribution in [0.3, 0.4) is 0 Å². The number of hydrogen-bond donors (Lipinski definition) is 1. The number of nitriles is 1. The van der Waals surface area contributed by atoms with Crippen molar-refractivity contribution in [2.75, 3.05) is 25.0 Å². The summed E-state index contributed by atoms with van der Waals surface area (Å²) in [5, 5.41) is 9.64. The molecule has 0 spiro atoms. The highest BCUT2D eigenvalue weighted by Gasteiger charge is 2.32. The van der Waals surface area contributed by atoms with Crippen LogP contribution in [0.15, 0.2) is 18.6 Å². The Labute approximate surface area is 142 Å². The molecule has 0 unspecified atom stereocenters. The maximum Gasteiger partial charge on any atom is 0.236 e. The molecule has 2 atom stereocenters. The molecule has 1 saturated heterocycles. The predicted octanol–water partition coefficient (Wildman–Crippen LogP) is 1.54. The Morgan fingerprint density at radius 1 is 1.70 bits per heavy atom. The van der Waals surface area contributed by atoms with Crippen LogP contribution in [0.1, 0.15) is 26.5 Å². The molecule has 1 fully saturated rings. The lowest BCUT2D eigenvalue weighted by atomic mass is 9.92. The van der Waals surface area contributed by atoms with Crippen LogP contribution in [-0.4, -0.2) is 51.9 Å². The standard InChI is InChI=1S/C16H20N6O/c1-11-5-8-22(14(23)3-6-17)9-13(11)21(2)16-12-4-7-18-15(12)19-10-20-16/h4,7,10-11,13H,3,5,8-9H2,1-2H3,(H,18,19,20)/t11-,13+/m1/s1/i1D3,3D2. The molecule has 2 aromatic rings. The van der Waals surface area contributed by atoms with Gasteiger partial charge in [0.1, 0.15) is 24.2 Å². The molecular formula is C16H20N6O. The van der Waals surface area contributed by atoms with Crippen LogP contribution >= 0.6 is 0 Å². The van der Waals surface area contributed by atoms with Crippen LogP contribution in [0.2, 0.25) is 0 Å². The van der Waals surface area contributed by atoms with Crippen molar-refractivity contribution < 1.29 is 11.6 Å². The zero-order chi connectivity index (χ0) is 20.7. The molecule has 0 aromatic carbocycles. The number of hydrogen-bond acceptors (Lipinski definition) is 5. The van der Waals surface area contributed by atoms with E-state index < -0.39 is 31.1 Å². The molecular weight excluding hydrogens is 292 g/mol. The van der Waals surface area contributed by atoms with Gasteiger partial charge < -0.3 is 14.8 Å². The maximum atomic E-state index is 12.4. The molecule has 0 radical (unpaired) electrons. The zero-order valence-electron chi connectivity index (χ0n) is 17.7.